The second kappa shape index (κ2) is 5.87. The standard InChI is InChI=1S/C11H21F3N2/c1-9(2)6-15-7-10-4-3-5-16(10)8-11(12,13)14/h9-10,15H,3-8H2,1-2H3. The van der Waals surface area contributed by atoms with E-state index in [-0.39, 0.29) is 6.04 Å². The summed E-state index contributed by atoms with van der Waals surface area (Å²) in [5, 5.41) is 3.23. The van der Waals surface area contributed by atoms with Gasteiger partial charge in [-0.2, -0.15) is 13.2 Å². The molecule has 1 rings (SSSR count). The van der Waals surface area contributed by atoms with Crippen LogP contribution in [0.1, 0.15) is 26.7 Å². The molecule has 1 unspecified atom stereocenters. The predicted molar refractivity (Wildman–Crippen MR) is 58.4 cm³/mol. The van der Waals surface area contributed by atoms with E-state index in [0.717, 1.165) is 19.4 Å². The lowest BCUT2D eigenvalue weighted by Crippen LogP contribution is -2.43. The SMILES string of the molecule is CC(C)CNCC1CCCN1CC(F)(F)F. The molecule has 0 radical (unpaired) electrons. The molecule has 1 aliphatic rings. The molecule has 5 heteroatoms. The van der Waals surface area contributed by atoms with Crippen LogP contribution in [-0.2, 0) is 0 Å². The van der Waals surface area contributed by atoms with Gasteiger partial charge in [-0.1, -0.05) is 13.8 Å². The maximum absolute atomic E-state index is 12.3. The fraction of sp³-hybridized carbons (Fsp3) is 1.00. The first kappa shape index (κ1) is 13.8. The van der Waals surface area contributed by atoms with E-state index in [9.17, 15) is 13.2 Å². The molecule has 2 nitrogen and oxygen atoms in total. The van der Waals surface area contributed by atoms with Crippen molar-refractivity contribution in [1.29, 1.82) is 0 Å². The van der Waals surface area contributed by atoms with E-state index in [1.165, 1.54) is 0 Å². The number of nitrogens with zero attached hydrogens (tertiary/aromatic N) is 1. The Morgan fingerprint density at radius 3 is 2.62 bits per heavy atom. The Balaban J connectivity index is 2.29. The number of alkyl halides is 3. The zero-order valence-electron chi connectivity index (χ0n) is 9.98. The second-order valence-electron chi connectivity index (χ2n) is 4.93. The van der Waals surface area contributed by atoms with Crippen LogP contribution in [-0.4, -0.2) is 43.3 Å². The van der Waals surface area contributed by atoms with Crippen LogP contribution >= 0.6 is 0 Å². The van der Waals surface area contributed by atoms with Gasteiger partial charge in [0.05, 0.1) is 6.54 Å². The zero-order chi connectivity index (χ0) is 12.2. The monoisotopic (exact) mass is 238 g/mol. The number of hydrogen-bond donors (Lipinski definition) is 1. The third kappa shape index (κ3) is 5.16. The highest BCUT2D eigenvalue weighted by Gasteiger charge is 2.35. The average molecular weight is 238 g/mol. The van der Waals surface area contributed by atoms with Gasteiger partial charge in [-0.25, -0.2) is 0 Å². The number of halogens is 3. The van der Waals surface area contributed by atoms with Crippen molar-refractivity contribution in [1.82, 2.24) is 10.2 Å². The van der Waals surface area contributed by atoms with Gasteiger partial charge >= 0.3 is 6.18 Å². The molecule has 1 aliphatic heterocycles. The quantitative estimate of drug-likeness (QED) is 0.790. The lowest BCUT2D eigenvalue weighted by molar-refractivity contribution is -0.147. The van der Waals surface area contributed by atoms with E-state index in [1.807, 2.05) is 0 Å². The third-order valence-electron chi connectivity index (χ3n) is 2.81. The molecule has 0 aromatic carbocycles. The summed E-state index contributed by atoms with van der Waals surface area (Å²) < 4.78 is 36.8. The van der Waals surface area contributed by atoms with Gasteiger partial charge in [0.15, 0.2) is 0 Å². The van der Waals surface area contributed by atoms with Crippen LogP contribution in [0, 0.1) is 5.92 Å². The molecule has 0 aliphatic carbocycles. The van der Waals surface area contributed by atoms with Gasteiger partial charge in [0.2, 0.25) is 0 Å². The highest BCUT2D eigenvalue weighted by molar-refractivity contribution is 4.82. The van der Waals surface area contributed by atoms with Crippen molar-refractivity contribution in [3.05, 3.63) is 0 Å². The van der Waals surface area contributed by atoms with Crippen LogP contribution in [0.15, 0.2) is 0 Å². The van der Waals surface area contributed by atoms with Gasteiger partial charge in [-0.3, -0.25) is 4.90 Å². The van der Waals surface area contributed by atoms with Crippen molar-refractivity contribution in [2.45, 2.75) is 38.9 Å². The minimum absolute atomic E-state index is 0.0559. The minimum Gasteiger partial charge on any atom is -0.315 e. The maximum atomic E-state index is 12.3. The van der Waals surface area contributed by atoms with Crippen molar-refractivity contribution in [3.8, 4) is 0 Å². The van der Waals surface area contributed by atoms with Crippen molar-refractivity contribution in [2.75, 3.05) is 26.2 Å². The fourth-order valence-electron chi connectivity index (χ4n) is 2.10. The Bertz CT molecular complexity index is 204. The van der Waals surface area contributed by atoms with Gasteiger partial charge in [0.1, 0.15) is 0 Å². The summed E-state index contributed by atoms with van der Waals surface area (Å²) in [4.78, 5) is 1.55. The Morgan fingerprint density at radius 2 is 2.06 bits per heavy atom. The molecule has 1 heterocycles. The van der Waals surface area contributed by atoms with E-state index in [4.69, 9.17) is 0 Å². The summed E-state index contributed by atoms with van der Waals surface area (Å²) in [7, 11) is 0. The summed E-state index contributed by atoms with van der Waals surface area (Å²) in [5.41, 5.74) is 0. The first-order chi connectivity index (χ1) is 7.38. The fourth-order valence-corrected chi connectivity index (χ4v) is 2.10. The van der Waals surface area contributed by atoms with Crippen LogP contribution in [0.3, 0.4) is 0 Å². The Kier molecular flexibility index (Phi) is 5.05. The first-order valence-electron chi connectivity index (χ1n) is 5.90. The lowest BCUT2D eigenvalue weighted by Gasteiger charge is -2.26. The van der Waals surface area contributed by atoms with Crippen LogP contribution in [0.5, 0.6) is 0 Å². The van der Waals surface area contributed by atoms with Gasteiger partial charge < -0.3 is 5.32 Å². The zero-order valence-corrected chi connectivity index (χ0v) is 9.98. The van der Waals surface area contributed by atoms with Crippen LogP contribution in [0.25, 0.3) is 0 Å². The molecule has 16 heavy (non-hydrogen) atoms. The summed E-state index contributed by atoms with van der Waals surface area (Å²) >= 11 is 0. The molecular weight excluding hydrogens is 217 g/mol. The summed E-state index contributed by atoms with van der Waals surface area (Å²) in [6.07, 6.45) is -2.31. The van der Waals surface area contributed by atoms with E-state index < -0.39 is 12.7 Å². The van der Waals surface area contributed by atoms with Crippen molar-refractivity contribution in [2.24, 2.45) is 5.92 Å². The number of nitrogens with one attached hydrogen (secondary N) is 1. The average Bonchev–Trinajstić information content (AvgIpc) is 2.49. The van der Waals surface area contributed by atoms with E-state index >= 15 is 0 Å². The lowest BCUT2D eigenvalue weighted by atomic mass is 10.2. The molecule has 0 aromatic heterocycles. The molecule has 0 aromatic rings. The maximum Gasteiger partial charge on any atom is 0.401 e. The first-order valence-corrected chi connectivity index (χ1v) is 5.90. The summed E-state index contributed by atoms with van der Waals surface area (Å²) in [5.74, 6) is 0.539. The molecule has 0 bridgehead atoms. The molecule has 1 fully saturated rings. The molecule has 0 saturated carbocycles. The number of hydrogen-bond acceptors (Lipinski definition) is 2. The number of likely N-dealkylation sites (tertiary alicyclic amines) is 1. The summed E-state index contributed by atoms with van der Waals surface area (Å²) in [6.45, 7) is 5.55. The van der Waals surface area contributed by atoms with E-state index in [0.29, 0.717) is 19.0 Å². The van der Waals surface area contributed by atoms with Crippen LogP contribution in [0.4, 0.5) is 13.2 Å². The van der Waals surface area contributed by atoms with Crippen molar-refractivity contribution < 1.29 is 13.2 Å². The second-order valence-corrected chi connectivity index (χ2v) is 4.93. The largest absolute Gasteiger partial charge is 0.401 e. The normalized spacial score (nSPS) is 23.2. The third-order valence-corrected chi connectivity index (χ3v) is 2.81. The molecule has 1 saturated heterocycles. The highest BCUT2D eigenvalue weighted by atomic mass is 19.4. The molecule has 1 N–H and O–H groups in total. The molecular formula is C11H21F3N2. The smallest absolute Gasteiger partial charge is 0.315 e. The van der Waals surface area contributed by atoms with Crippen molar-refractivity contribution in [3.63, 3.8) is 0 Å². The van der Waals surface area contributed by atoms with Crippen LogP contribution in [0.2, 0.25) is 0 Å². The Labute approximate surface area is 95.2 Å². The molecule has 96 valence electrons. The van der Waals surface area contributed by atoms with Crippen LogP contribution < -0.4 is 5.32 Å². The molecule has 0 spiro atoms. The van der Waals surface area contributed by atoms with Crippen molar-refractivity contribution >= 4 is 0 Å². The van der Waals surface area contributed by atoms with Gasteiger partial charge in [0, 0.05) is 12.6 Å². The van der Waals surface area contributed by atoms with E-state index in [1.54, 1.807) is 4.90 Å². The molecule has 0 amide bonds. The number of rotatable bonds is 5. The predicted octanol–water partition coefficient (Wildman–Crippen LogP) is 2.26. The Morgan fingerprint density at radius 1 is 1.38 bits per heavy atom. The Hall–Kier alpha value is -0.290. The minimum atomic E-state index is -4.07. The molecule has 1 atom stereocenters. The van der Waals surface area contributed by atoms with Gasteiger partial charge in [-0.15, -0.1) is 0 Å². The van der Waals surface area contributed by atoms with Gasteiger partial charge in [0.25, 0.3) is 0 Å². The van der Waals surface area contributed by atoms with E-state index in [2.05, 4.69) is 19.2 Å². The topological polar surface area (TPSA) is 15.3 Å². The van der Waals surface area contributed by atoms with Gasteiger partial charge in [-0.05, 0) is 31.8 Å². The summed E-state index contributed by atoms with van der Waals surface area (Å²) in [6, 6.07) is 0.0559. The highest BCUT2D eigenvalue weighted by Crippen LogP contribution is 2.23.